The summed E-state index contributed by atoms with van der Waals surface area (Å²) >= 11 is 0. The number of hydrogen-bond donors (Lipinski definition) is 1. The Morgan fingerprint density at radius 3 is 2.24 bits per heavy atom. The predicted octanol–water partition coefficient (Wildman–Crippen LogP) is 4.77. The minimum Gasteiger partial charge on any atom is -0.378 e. The second-order valence-corrected chi connectivity index (χ2v) is 5.98. The molecule has 3 rings (SSSR count). The fourth-order valence-electron chi connectivity index (χ4n) is 2.44. The number of rotatable bonds is 3. The Morgan fingerprint density at radius 2 is 1.64 bits per heavy atom. The Bertz CT molecular complexity index is 903. The van der Waals surface area contributed by atoms with Gasteiger partial charge in [0, 0.05) is 30.9 Å². The largest absolute Gasteiger partial charge is 0.451 e. The van der Waals surface area contributed by atoms with E-state index in [2.05, 4.69) is 15.3 Å². The van der Waals surface area contributed by atoms with Gasteiger partial charge in [-0.15, -0.1) is 0 Å². The summed E-state index contributed by atoms with van der Waals surface area (Å²) in [6.45, 7) is 1.87. The highest BCUT2D eigenvalue weighted by atomic mass is 19.4. The fourth-order valence-corrected chi connectivity index (χ4v) is 2.44. The molecule has 130 valence electrons. The highest BCUT2D eigenvalue weighted by molar-refractivity contribution is 5.91. The molecule has 0 unspecified atom stereocenters. The third-order valence-electron chi connectivity index (χ3n) is 3.75. The van der Waals surface area contributed by atoms with Gasteiger partial charge in [-0.25, -0.2) is 9.97 Å². The number of benzene rings is 2. The van der Waals surface area contributed by atoms with Crippen molar-refractivity contribution >= 4 is 28.1 Å². The Kier molecular flexibility index (Phi) is 4.24. The molecule has 3 aromatic rings. The van der Waals surface area contributed by atoms with Crippen LogP contribution >= 0.6 is 0 Å². The van der Waals surface area contributed by atoms with E-state index in [9.17, 15) is 13.2 Å². The van der Waals surface area contributed by atoms with E-state index in [1.807, 2.05) is 38.1 Å². The first kappa shape index (κ1) is 17.0. The summed E-state index contributed by atoms with van der Waals surface area (Å²) in [5, 5.41) is 3.53. The second kappa shape index (κ2) is 6.23. The van der Waals surface area contributed by atoms with Crippen molar-refractivity contribution in [2.45, 2.75) is 13.1 Å². The molecule has 0 atom stereocenters. The van der Waals surface area contributed by atoms with E-state index in [0.717, 1.165) is 11.3 Å². The van der Waals surface area contributed by atoms with Crippen LogP contribution in [0.3, 0.4) is 0 Å². The van der Waals surface area contributed by atoms with Crippen molar-refractivity contribution in [2.24, 2.45) is 0 Å². The lowest BCUT2D eigenvalue weighted by atomic mass is 10.1. The van der Waals surface area contributed by atoms with Gasteiger partial charge in [-0.1, -0.05) is 11.6 Å². The van der Waals surface area contributed by atoms with Crippen molar-refractivity contribution in [3.05, 3.63) is 53.9 Å². The summed E-state index contributed by atoms with van der Waals surface area (Å²) in [4.78, 5) is 9.29. The van der Waals surface area contributed by atoms with E-state index in [4.69, 9.17) is 0 Å². The average molecular weight is 346 g/mol. The van der Waals surface area contributed by atoms with Crippen molar-refractivity contribution in [2.75, 3.05) is 24.3 Å². The van der Waals surface area contributed by atoms with Crippen LogP contribution < -0.4 is 10.2 Å². The number of halogens is 3. The molecule has 7 heteroatoms. The predicted molar refractivity (Wildman–Crippen MR) is 93.3 cm³/mol. The molecule has 0 radical (unpaired) electrons. The van der Waals surface area contributed by atoms with Crippen molar-refractivity contribution in [3.63, 3.8) is 0 Å². The standard InChI is InChI=1S/C18H17F3N4/c1-11-4-9-15-14(10-11)16(24-17(23-15)18(19,20)21)22-12-5-7-13(8-6-12)25(2)3/h4-10H,1-3H3,(H,22,23,24). The number of alkyl halides is 3. The van der Waals surface area contributed by atoms with E-state index < -0.39 is 12.0 Å². The molecule has 25 heavy (non-hydrogen) atoms. The summed E-state index contributed by atoms with van der Waals surface area (Å²) < 4.78 is 39.3. The molecule has 0 aliphatic carbocycles. The van der Waals surface area contributed by atoms with Crippen LogP contribution in [0.4, 0.5) is 30.4 Å². The number of aryl methyl sites for hydroxylation is 1. The van der Waals surface area contributed by atoms with Crippen molar-refractivity contribution < 1.29 is 13.2 Å². The summed E-state index contributed by atoms with van der Waals surface area (Å²) in [7, 11) is 3.83. The second-order valence-electron chi connectivity index (χ2n) is 5.98. The van der Waals surface area contributed by atoms with E-state index in [-0.39, 0.29) is 11.3 Å². The molecule has 0 saturated carbocycles. The van der Waals surface area contributed by atoms with Crippen LogP contribution in [0.2, 0.25) is 0 Å². The Balaban J connectivity index is 2.08. The van der Waals surface area contributed by atoms with Gasteiger partial charge in [0.05, 0.1) is 5.52 Å². The molecule has 0 spiro atoms. The number of fused-ring (bicyclic) bond motifs is 1. The normalized spacial score (nSPS) is 11.6. The van der Waals surface area contributed by atoms with Crippen LogP contribution in [0.1, 0.15) is 11.4 Å². The van der Waals surface area contributed by atoms with Gasteiger partial charge in [0.2, 0.25) is 5.82 Å². The lowest BCUT2D eigenvalue weighted by Crippen LogP contribution is -2.13. The van der Waals surface area contributed by atoms with E-state index >= 15 is 0 Å². The lowest BCUT2D eigenvalue weighted by molar-refractivity contribution is -0.144. The monoisotopic (exact) mass is 346 g/mol. The zero-order chi connectivity index (χ0) is 18.2. The lowest BCUT2D eigenvalue weighted by Gasteiger charge is -2.15. The molecule has 0 saturated heterocycles. The highest BCUT2D eigenvalue weighted by Gasteiger charge is 2.35. The molecule has 0 aliphatic heterocycles. The van der Waals surface area contributed by atoms with Crippen molar-refractivity contribution in [1.29, 1.82) is 0 Å². The van der Waals surface area contributed by atoms with Crippen LogP contribution in [0.5, 0.6) is 0 Å². The van der Waals surface area contributed by atoms with Crippen molar-refractivity contribution in [1.82, 2.24) is 9.97 Å². The smallest absolute Gasteiger partial charge is 0.378 e. The van der Waals surface area contributed by atoms with Crippen LogP contribution in [0, 0.1) is 6.92 Å². The third kappa shape index (κ3) is 3.65. The van der Waals surface area contributed by atoms with Gasteiger partial charge in [-0.05, 0) is 43.3 Å². The molecule has 4 nitrogen and oxygen atoms in total. The first-order valence-electron chi connectivity index (χ1n) is 7.64. The molecular formula is C18H17F3N4. The third-order valence-corrected chi connectivity index (χ3v) is 3.75. The molecule has 1 aromatic heterocycles. The number of anilines is 3. The minimum atomic E-state index is -4.61. The molecule has 0 aliphatic rings. The zero-order valence-electron chi connectivity index (χ0n) is 14.0. The molecule has 0 amide bonds. The van der Waals surface area contributed by atoms with E-state index in [1.165, 1.54) is 0 Å². The average Bonchev–Trinajstić information content (AvgIpc) is 2.54. The van der Waals surface area contributed by atoms with Gasteiger partial charge in [0.25, 0.3) is 0 Å². The van der Waals surface area contributed by atoms with Gasteiger partial charge in [-0.3, -0.25) is 0 Å². The van der Waals surface area contributed by atoms with Crippen LogP contribution in [-0.2, 0) is 6.18 Å². The Morgan fingerprint density at radius 1 is 0.960 bits per heavy atom. The first-order valence-corrected chi connectivity index (χ1v) is 7.64. The van der Waals surface area contributed by atoms with E-state index in [0.29, 0.717) is 11.1 Å². The molecule has 1 heterocycles. The SMILES string of the molecule is Cc1ccc2nc(C(F)(F)F)nc(Nc3ccc(N(C)C)cc3)c2c1. The van der Waals surface area contributed by atoms with Gasteiger partial charge in [0.1, 0.15) is 5.82 Å². The number of nitrogens with zero attached hydrogens (tertiary/aromatic N) is 3. The van der Waals surface area contributed by atoms with Gasteiger partial charge < -0.3 is 10.2 Å². The fraction of sp³-hybridized carbons (Fsp3) is 0.222. The van der Waals surface area contributed by atoms with Gasteiger partial charge in [0.15, 0.2) is 0 Å². The number of hydrogen-bond acceptors (Lipinski definition) is 4. The van der Waals surface area contributed by atoms with Crippen molar-refractivity contribution in [3.8, 4) is 0 Å². The highest BCUT2D eigenvalue weighted by Crippen LogP contribution is 2.32. The molecular weight excluding hydrogens is 329 g/mol. The summed E-state index contributed by atoms with van der Waals surface area (Å²) in [5.41, 5.74) is 2.81. The van der Waals surface area contributed by atoms with Crippen LogP contribution in [0.15, 0.2) is 42.5 Å². The number of nitrogens with one attached hydrogen (secondary N) is 1. The maximum Gasteiger partial charge on any atom is 0.451 e. The molecule has 2 aromatic carbocycles. The van der Waals surface area contributed by atoms with Crippen LogP contribution in [0.25, 0.3) is 10.9 Å². The van der Waals surface area contributed by atoms with E-state index in [1.54, 1.807) is 30.3 Å². The minimum absolute atomic E-state index is 0.138. The zero-order valence-corrected chi connectivity index (χ0v) is 14.0. The molecule has 0 fully saturated rings. The topological polar surface area (TPSA) is 41.1 Å². The maximum absolute atomic E-state index is 13.1. The number of aromatic nitrogens is 2. The van der Waals surface area contributed by atoms with Gasteiger partial charge >= 0.3 is 6.18 Å². The summed E-state index contributed by atoms with van der Waals surface area (Å²) in [6.07, 6.45) is -4.61. The Labute approximate surface area is 143 Å². The maximum atomic E-state index is 13.1. The van der Waals surface area contributed by atoms with Gasteiger partial charge in [-0.2, -0.15) is 13.2 Å². The summed E-state index contributed by atoms with van der Waals surface area (Å²) in [6, 6.07) is 12.4. The summed E-state index contributed by atoms with van der Waals surface area (Å²) in [5.74, 6) is -1.02. The first-order chi connectivity index (χ1) is 11.7. The molecule has 1 N–H and O–H groups in total. The quantitative estimate of drug-likeness (QED) is 0.742. The van der Waals surface area contributed by atoms with Crippen LogP contribution in [-0.4, -0.2) is 24.1 Å². The molecule has 0 bridgehead atoms. The Hall–Kier alpha value is -2.83.